The summed E-state index contributed by atoms with van der Waals surface area (Å²) in [5, 5.41) is 16.2. The molecule has 0 spiro atoms. The van der Waals surface area contributed by atoms with E-state index in [4.69, 9.17) is 4.74 Å². The number of rotatable bonds is 6. The molecule has 0 saturated heterocycles. The van der Waals surface area contributed by atoms with Gasteiger partial charge in [-0.1, -0.05) is 29.5 Å². The molecule has 0 aliphatic carbocycles. The average molecular weight is 331 g/mol. The maximum absolute atomic E-state index is 12.0. The summed E-state index contributed by atoms with van der Waals surface area (Å²) in [5.41, 5.74) is 0.877. The van der Waals surface area contributed by atoms with Crippen LogP contribution in [-0.4, -0.2) is 39.4 Å². The number of benzene rings is 1. The highest BCUT2D eigenvalue weighted by Crippen LogP contribution is 2.17. The summed E-state index contributed by atoms with van der Waals surface area (Å²) in [6.45, 7) is 2.40. The first kappa shape index (κ1) is 15.4. The summed E-state index contributed by atoms with van der Waals surface area (Å²) in [5.74, 6) is 1.46. The molecule has 1 aromatic carbocycles. The molecule has 2 heterocycles. The Labute approximate surface area is 137 Å². The molecular weight excluding hydrogens is 314 g/mol. The highest BCUT2D eigenvalue weighted by atomic mass is 32.1. The number of nitrogens with zero attached hydrogens (tertiary/aromatic N) is 4. The molecule has 0 aliphatic heterocycles. The number of aromatic nitrogens is 4. The Kier molecular flexibility index (Phi) is 4.52. The van der Waals surface area contributed by atoms with Crippen molar-refractivity contribution in [3.63, 3.8) is 0 Å². The number of carbonyl (C=O) groups is 1. The highest BCUT2D eigenvalue weighted by Gasteiger charge is 2.10. The van der Waals surface area contributed by atoms with E-state index in [-0.39, 0.29) is 5.91 Å². The first-order valence-corrected chi connectivity index (χ1v) is 8.05. The zero-order chi connectivity index (χ0) is 16.2. The molecule has 3 aromatic rings. The number of methoxy groups -OCH3 is 1. The van der Waals surface area contributed by atoms with Gasteiger partial charge in [-0.2, -0.15) is 9.61 Å². The van der Waals surface area contributed by atoms with E-state index in [0.717, 1.165) is 27.1 Å². The molecule has 1 amide bonds. The van der Waals surface area contributed by atoms with Gasteiger partial charge in [-0.05, 0) is 13.0 Å². The molecule has 0 fully saturated rings. The second-order valence-corrected chi connectivity index (χ2v) is 6.07. The Balaban J connectivity index is 1.52. The van der Waals surface area contributed by atoms with E-state index in [9.17, 15) is 4.79 Å². The molecule has 0 radical (unpaired) electrons. The number of fused-ring (bicyclic) bond motifs is 1. The van der Waals surface area contributed by atoms with E-state index in [0.29, 0.717) is 19.4 Å². The molecule has 2 aromatic heterocycles. The maximum Gasteiger partial charge on any atom is 0.234 e. The van der Waals surface area contributed by atoms with Crippen molar-refractivity contribution in [3.05, 3.63) is 40.7 Å². The van der Waals surface area contributed by atoms with Crippen LogP contribution in [0.2, 0.25) is 0 Å². The second-order valence-electron chi connectivity index (χ2n) is 5.03. The van der Waals surface area contributed by atoms with Crippen molar-refractivity contribution in [2.45, 2.75) is 19.8 Å². The molecule has 7 nitrogen and oxygen atoms in total. The van der Waals surface area contributed by atoms with Crippen LogP contribution in [0.1, 0.15) is 16.4 Å². The van der Waals surface area contributed by atoms with E-state index in [2.05, 4.69) is 20.6 Å². The Morgan fingerprint density at radius 1 is 1.35 bits per heavy atom. The van der Waals surface area contributed by atoms with Crippen molar-refractivity contribution in [1.29, 1.82) is 0 Å². The smallest absolute Gasteiger partial charge is 0.234 e. The van der Waals surface area contributed by atoms with Gasteiger partial charge in [-0.3, -0.25) is 4.79 Å². The van der Waals surface area contributed by atoms with Gasteiger partial charge in [-0.15, -0.1) is 10.2 Å². The zero-order valence-corrected chi connectivity index (χ0v) is 13.8. The SMILES string of the molecule is COc1ccccc1CC(=O)NCCc1nn2c(C)nnc2s1. The van der Waals surface area contributed by atoms with Crippen LogP contribution in [0, 0.1) is 6.92 Å². The Morgan fingerprint density at radius 3 is 2.96 bits per heavy atom. The fourth-order valence-electron chi connectivity index (χ4n) is 2.25. The molecule has 0 aliphatic rings. The summed E-state index contributed by atoms with van der Waals surface area (Å²) in [6, 6.07) is 7.52. The maximum atomic E-state index is 12.0. The van der Waals surface area contributed by atoms with Gasteiger partial charge in [0.05, 0.1) is 13.5 Å². The number of aryl methyl sites for hydroxylation is 1. The van der Waals surface area contributed by atoms with Crippen LogP contribution in [0.4, 0.5) is 0 Å². The minimum absolute atomic E-state index is 0.0336. The molecular formula is C15H17N5O2S. The lowest BCUT2D eigenvalue weighted by Gasteiger charge is -2.08. The molecule has 0 saturated carbocycles. The van der Waals surface area contributed by atoms with Crippen molar-refractivity contribution in [2.24, 2.45) is 0 Å². The fourth-order valence-corrected chi connectivity index (χ4v) is 3.13. The standard InChI is InChI=1S/C15H17N5O2S/c1-10-17-18-15-20(10)19-14(23-15)7-8-16-13(21)9-11-5-3-4-6-12(11)22-2/h3-6H,7-9H2,1-2H3,(H,16,21). The number of hydrogen-bond donors (Lipinski definition) is 1. The minimum Gasteiger partial charge on any atom is -0.496 e. The van der Waals surface area contributed by atoms with Gasteiger partial charge in [0.25, 0.3) is 0 Å². The van der Waals surface area contributed by atoms with Crippen LogP contribution in [0.5, 0.6) is 5.75 Å². The van der Waals surface area contributed by atoms with Crippen molar-refractivity contribution < 1.29 is 9.53 Å². The van der Waals surface area contributed by atoms with Gasteiger partial charge in [-0.25, -0.2) is 0 Å². The van der Waals surface area contributed by atoms with Crippen LogP contribution in [0.25, 0.3) is 4.96 Å². The monoisotopic (exact) mass is 331 g/mol. The second kappa shape index (κ2) is 6.74. The third-order valence-corrected chi connectivity index (χ3v) is 4.35. The lowest BCUT2D eigenvalue weighted by atomic mass is 10.1. The van der Waals surface area contributed by atoms with Gasteiger partial charge >= 0.3 is 0 Å². The fraction of sp³-hybridized carbons (Fsp3) is 0.333. The summed E-state index contributed by atoms with van der Waals surface area (Å²) in [7, 11) is 1.60. The highest BCUT2D eigenvalue weighted by molar-refractivity contribution is 7.16. The number of amides is 1. The molecule has 0 atom stereocenters. The number of hydrogen-bond acceptors (Lipinski definition) is 6. The topological polar surface area (TPSA) is 81.4 Å². The third-order valence-electron chi connectivity index (χ3n) is 3.39. The first-order chi connectivity index (χ1) is 11.2. The van der Waals surface area contributed by atoms with Crippen LogP contribution < -0.4 is 10.1 Å². The summed E-state index contributed by atoms with van der Waals surface area (Å²) < 4.78 is 6.97. The number of ether oxygens (including phenoxy) is 1. The van der Waals surface area contributed by atoms with Crippen molar-refractivity contribution in [2.75, 3.05) is 13.7 Å². The van der Waals surface area contributed by atoms with Crippen LogP contribution in [0.3, 0.4) is 0 Å². The van der Waals surface area contributed by atoms with Crippen molar-refractivity contribution >= 4 is 22.2 Å². The van der Waals surface area contributed by atoms with E-state index >= 15 is 0 Å². The minimum atomic E-state index is -0.0336. The third kappa shape index (κ3) is 3.48. The number of nitrogens with one attached hydrogen (secondary N) is 1. The summed E-state index contributed by atoms with van der Waals surface area (Å²) in [6.07, 6.45) is 0.972. The van der Waals surface area contributed by atoms with Crippen LogP contribution in [-0.2, 0) is 17.6 Å². The van der Waals surface area contributed by atoms with Gasteiger partial charge < -0.3 is 10.1 Å². The zero-order valence-electron chi connectivity index (χ0n) is 12.9. The predicted octanol–water partition coefficient (Wildman–Crippen LogP) is 1.40. The lowest BCUT2D eigenvalue weighted by Crippen LogP contribution is -2.27. The van der Waals surface area contributed by atoms with E-state index in [1.54, 1.807) is 11.6 Å². The number of carbonyl (C=O) groups excluding carboxylic acids is 1. The summed E-state index contributed by atoms with van der Waals surface area (Å²) in [4.78, 5) is 12.8. The summed E-state index contributed by atoms with van der Waals surface area (Å²) >= 11 is 1.49. The van der Waals surface area contributed by atoms with E-state index in [1.165, 1.54) is 11.3 Å². The van der Waals surface area contributed by atoms with Gasteiger partial charge in [0, 0.05) is 18.5 Å². The first-order valence-electron chi connectivity index (χ1n) is 7.23. The molecule has 0 bridgehead atoms. The molecule has 1 N–H and O–H groups in total. The Hall–Kier alpha value is -2.48. The van der Waals surface area contributed by atoms with Crippen LogP contribution in [0.15, 0.2) is 24.3 Å². The molecule has 120 valence electrons. The molecule has 0 unspecified atom stereocenters. The molecule has 23 heavy (non-hydrogen) atoms. The normalized spacial score (nSPS) is 10.9. The van der Waals surface area contributed by atoms with Crippen LogP contribution >= 0.6 is 11.3 Å². The Morgan fingerprint density at radius 2 is 2.17 bits per heavy atom. The largest absolute Gasteiger partial charge is 0.496 e. The Bertz CT molecular complexity index is 826. The van der Waals surface area contributed by atoms with E-state index in [1.807, 2.05) is 31.2 Å². The lowest BCUT2D eigenvalue weighted by molar-refractivity contribution is -0.120. The predicted molar refractivity (Wildman–Crippen MR) is 86.8 cm³/mol. The van der Waals surface area contributed by atoms with Gasteiger partial charge in [0.15, 0.2) is 5.82 Å². The van der Waals surface area contributed by atoms with Gasteiger partial charge in [0.2, 0.25) is 10.9 Å². The molecule has 8 heteroatoms. The van der Waals surface area contributed by atoms with Crippen molar-refractivity contribution in [1.82, 2.24) is 25.1 Å². The quantitative estimate of drug-likeness (QED) is 0.738. The number of para-hydroxylation sites is 1. The van der Waals surface area contributed by atoms with E-state index < -0.39 is 0 Å². The van der Waals surface area contributed by atoms with Gasteiger partial charge in [0.1, 0.15) is 10.8 Å². The van der Waals surface area contributed by atoms with Crippen molar-refractivity contribution in [3.8, 4) is 5.75 Å². The average Bonchev–Trinajstić information content (AvgIpc) is 3.10. The molecule has 3 rings (SSSR count).